The topological polar surface area (TPSA) is 46.9 Å². The summed E-state index contributed by atoms with van der Waals surface area (Å²) in [7, 11) is 0. The Labute approximate surface area is 231 Å². The van der Waals surface area contributed by atoms with Crippen molar-refractivity contribution in [2.75, 3.05) is 0 Å². The van der Waals surface area contributed by atoms with E-state index in [4.69, 9.17) is 0 Å². The molecule has 2 fully saturated rings. The number of halogens is 1. The maximum atomic E-state index is 13.5. The first-order valence-corrected chi connectivity index (χ1v) is 14.9. The molecule has 1 amide bonds. The number of allylic oxidation sites excluding steroid dienone is 1. The Balaban J connectivity index is 1.19. The van der Waals surface area contributed by atoms with Crippen molar-refractivity contribution in [3.8, 4) is 5.69 Å². The average molecular weight is 526 g/mol. The van der Waals surface area contributed by atoms with Gasteiger partial charge in [-0.05, 0) is 90.8 Å². The number of aromatic nitrogens is 2. The first kappa shape index (κ1) is 26.0. The summed E-state index contributed by atoms with van der Waals surface area (Å²) in [5, 5.41) is 8.14. The molecule has 6 rings (SSSR count). The van der Waals surface area contributed by atoms with E-state index in [0.717, 1.165) is 43.5 Å². The van der Waals surface area contributed by atoms with Crippen molar-refractivity contribution < 1.29 is 9.18 Å². The third-order valence-corrected chi connectivity index (χ3v) is 9.78. The zero-order valence-electron chi connectivity index (χ0n) is 23.0. The lowest BCUT2D eigenvalue weighted by Crippen LogP contribution is -2.35. The molecule has 1 heterocycles. The van der Waals surface area contributed by atoms with E-state index in [-0.39, 0.29) is 23.2 Å². The molecule has 3 aromatic rings. The molecule has 4 nitrogen and oxygen atoms in total. The predicted molar refractivity (Wildman–Crippen MR) is 154 cm³/mol. The number of carbonyl (C=O) groups is 1. The number of hydrogen-bond acceptors (Lipinski definition) is 2. The molecule has 204 valence electrons. The van der Waals surface area contributed by atoms with Gasteiger partial charge in [0.15, 0.2) is 0 Å². The van der Waals surface area contributed by atoms with Gasteiger partial charge in [-0.2, -0.15) is 5.10 Å². The number of nitrogens with one attached hydrogen (secondary N) is 1. The predicted octanol–water partition coefficient (Wildman–Crippen LogP) is 7.98. The van der Waals surface area contributed by atoms with Crippen molar-refractivity contribution in [1.82, 2.24) is 15.1 Å². The quantitative estimate of drug-likeness (QED) is 0.324. The van der Waals surface area contributed by atoms with Gasteiger partial charge in [0, 0.05) is 6.42 Å². The minimum absolute atomic E-state index is 0.0227. The van der Waals surface area contributed by atoms with Crippen LogP contribution in [0.5, 0.6) is 0 Å². The van der Waals surface area contributed by atoms with Gasteiger partial charge in [-0.3, -0.25) is 4.79 Å². The highest BCUT2D eigenvalue weighted by atomic mass is 19.1. The number of hydrogen-bond donors (Lipinski definition) is 1. The molecule has 2 saturated carbocycles. The summed E-state index contributed by atoms with van der Waals surface area (Å²) in [5.41, 5.74) is 5.96. The molecule has 3 atom stereocenters. The number of benzene rings is 2. The summed E-state index contributed by atoms with van der Waals surface area (Å²) in [6.45, 7) is 2.40. The highest BCUT2D eigenvalue weighted by Gasteiger charge is 2.46. The second-order valence-corrected chi connectivity index (χ2v) is 12.3. The van der Waals surface area contributed by atoms with Crippen LogP contribution in [0, 0.1) is 23.1 Å². The van der Waals surface area contributed by atoms with Gasteiger partial charge in [0.1, 0.15) is 5.82 Å². The number of rotatable bonds is 8. The van der Waals surface area contributed by atoms with Crippen molar-refractivity contribution in [1.29, 1.82) is 0 Å². The Morgan fingerprint density at radius 1 is 1.08 bits per heavy atom. The van der Waals surface area contributed by atoms with Crippen LogP contribution in [0.2, 0.25) is 0 Å². The Bertz CT molecular complexity index is 1320. The molecule has 0 saturated heterocycles. The van der Waals surface area contributed by atoms with Gasteiger partial charge in [0.2, 0.25) is 5.91 Å². The van der Waals surface area contributed by atoms with E-state index in [1.807, 2.05) is 16.9 Å². The molecular formula is C34H40FN3O. The van der Waals surface area contributed by atoms with Crippen molar-refractivity contribution >= 4 is 12.0 Å². The van der Waals surface area contributed by atoms with Crippen LogP contribution >= 0.6 is 0 Å². The number of nitrogens with zero attached hydrogens (tertiary/aromatic N) is 2. The van der Waals surface area contributed by atoms with Gasteiger partial charge >= 0.3 is 0 Å². The van der Waals surface area contributed by atoms with Gasteiger partial charge in [-0.1, -0.05) is 74.9 Å². The molecule has 2 aromatic carbocycles. The zero-order valence-corrected chi connectivity index (χ0v) is 23.0. The summed E-state index contributed by atoms with van der Waals surface area (Å²) < 4.78 is 15.4. The van der Waals surface area contributed by atoms with Crippen molar-refractivity contribution in [2.24, 2.45) is 17.3 Å². The molecular weight excluding hydrogens is 485 g/mol. The van der Waals surface area contributed by atoms with Crippen LogP contribution < -0.4 is 5.32 Å². The van der Waals surface area contributed by atoms with E-state index in [1.165, 1.54) is 60.9 Å². The summed E-state index contributed by atoms with van der Waals surface area (Å²) in [6.07, 6.45) is 16.6. The van der Waals surface area contributed by atoms with E-state index in [1.54, 1.807) is 12.1 Å². The summed E-state index contributed by atoms with van der Waals surface area (Å²) in [4.78, 5) is 13.2. The van der Waals surface area contributed by atoms with Crippen LogP contribution in [-0.2, 0) is 11.2 Å². The molecule has 0 aliphatic heterocycles. The molecule has 39 heavy (non-hydrogen) atoms. The fourth-order valence-corrected chi connectivity index (χ4v) is 7.43. The lowest BCUT2D eigenvalue weighted by molar-refractivity contribution is -0.122. The molecule has 1 unspecified atom stereocenters. The maximum absolute atomic E-state index is 13.5. The van der Waals surface area contributed by atoms with Crippen LogP contribution in [0.3, 0.4) is 0 Å². The van der Waals surface area contributed by atoms with Crippen LogP contribution in [-0.4, -0.2) is 15.7 Å². The summed E-state index contributed by atoms with van der Waals surface area (Å²) in [6, 6.07) is 17.1. The number of carbonyl (C=O) groups excluding carboxylic acids is 1. The molecule has 0 bridgehead atoms. The molecule has 0 spiro atoms. The minimum atomic E-state index is -0.238. The van der Waals surface area contributed by atoms with Crippen molar-refractivity contribution in [3.63, 3.8) is 0 Å². The molecule has 1 aromatic heterocycles. The average Bonchev–Trinajstić information content (AvgIpc) is 3.51. The standard InChI is InChI=1S/C34H40FN3O/c1-34-22-26-23-36-38(30-17-15-29(35)16-18-30)32(26)21-28(34)14-13-27(34)20-31(25-10-6-3-7-11-25)37-33(39)19-12-24-8-4-2-5-9-24/h3,6-7,10-11,15-18,21,23-24,27,31H,2,4-5,8-9,12-14,19-20,22H2,1H3,(H,37,39)/t27-,31?,34-/m1/s1. The highest BCUT2D eigenvalue weighted by Crippen LogP contribution is 2.55. The zero-order chi connectivity index (χ0) is 26.8. The van der Waals surface area contributed by atoms with Crippen LogP contribution in [0.15, 0.2) is 66.4 Å². The largest absolute Gasteiger partial charge is 0.349 e. The highest BCUT2D eigenvalue weighted by molar-refractivity contribution is 5.76. The van der Waals surface area contributed by atoms with Crippen molar-refractivity contribution in [2.45, 2.75) is 83.6 Å². The Morgan fingerprint density at radius 2 is 1.85 bits per heavy atom. The SMILES string of the molecule is C[C@]12Cc3cnn(-c4ccc(F)cc4)c3C=C1CC[C@@H]2CC(NC(=O)CCC1CCCCC1)c1ccccc1. The Morgan fingerprint density at radius 3 is 2.62 bits per heavy atom. The van der Waals surface area contributed by atoms with Crippen LogP contribution in [0.25, 0.3) is 11.8 Å². The molecule has 0 radical (unpaired) electrons. The second-order valence-electron chi connectivity index (χ2n) is 12.3. The fourth-order valence-electron chi connectivity index (χ4n) is 7.43. The molecule has 5 heteroatoms. The minimum Gasteiger partial charge on any atom is -0.349 e. The third-order valence-electron chi connectivity index (χ3n) is 9.78. The Hall–Kier alpha value is -3.21. The van der Waals surface area contributed by atoms with Gasteiger partial charge in [0.25, 0.3) is 0 Å². The Kier molecular flexibility index (Phi) is 7.42. The van der Waals surface area contributed by atoms with E-state index in [0.29, 0.717) is 18.3 Å². The van der Waals surface area contributed by atoms with Gasteiger partial charge < -0.3 is 5.32 Å². The first-order valence-electron chi connectivity index (χ1n) is 14.9. The lowest BCUT2D eigenvalue weighted by Gasteiger charge is -2.38. The number of amides is 1. The van der Waals surface area contributed by atoms with Gasteiger partial charge in [-0.25, -0.2) is 9.07 Å². The second kappa shape index (κ2) is 11.1. The summed E-state index contributed by atoms with van der Waals surface area (Å²) in [5.74, 6) is 1.14. The van der Waals surface area contributed by atoms with Crippen molar-refractivity contribution in [3.05, 3.63) is 89.0 Å². The van der Waals surface area contributed by atoms with E-state index in [2.05, 4.69) is 47.7 Å². The normalized spacial score (nSPS) is 23.5. The first-order chi connectivity index (χ1) is 19.0. The third kappa shape index (κ3) is 5.46. The monoisotopic (exact) mass is 525 g/mol. The van der Waals surface area contributed by atoms with Gasteiger partial charge in [-0.15, -0.1) is 0 Å². The van der Waals surface area contributed by atoms with E-state index in [9.17, 15) is 9.18 Å². The van der Waals surface area contributed by atoms with Gasteiger partial charge in [0.05, 0.1) is 23.6 Å². The molecule has 3 aliphatic carbocycles. The van der Waals surface area contributed by atoms with E-state index < -0.39 is 0 Å². The van der Waals surface area contributed by atoms with E-state index >= 15 is 0 Å². The molecule has 3 aliphatic rings. The van der Waals surface area contributed by atoms with Crippen LogP contribution in [0.1, 0.15) is 94.0 Å². The number of fused-ring (bicyclic) bond motifs is 2. The molecule has 1 N–H and O–H groups in total. The maximum Gasteiger partial charge on any atom is 0.220 e. The lowest BCUT2D eigenvalue weighted by atomic mass is 9.68. The summed E-state index contributed by atoms with van der Waals surface area (Å²) >= 11 is 0. The fraction of sp³-hybridized carbons (Fsp3) is 0.471. The smallest absolute Gasteiger partial charge is 0.220 e. The van der Waals surface area contributed by atoms with Crippen LogP contribution in [0.4, 0.5) is 4.39 Å².